The summed E-state index contributed by atoms with van der Waals surface area (Å²) in [5.41, 5.74) is 6.01. The van der Waals surface area contributed by atoms with Crippen molar-refractivity contribution in [2.24, 2.45) is 0 Å². The first-order chi connectivity index (χ1) is 23.8. The molecule has 6 aromatic carbocycles. The molecule has 6 heterocycles. The number of fused-ring (bicyclic) bond motifs is 20. The predicted molar refractivity (Wildman–Crippen MR) is 202 cm³/mol. The van der Waals surface area contributed by atoms with Gasteiger partial charge in [0, 0.05) is 32.6 Å². The maximum Gasteiger partial charge on any atom is 2.00 e. The monoisotopic (exact) mass is 712 g/mol. The van der Waals surface area contributed by atoms with Gasteiger partial charge in [-0.15, -0.1) is 22.7 Å². The molecule has 0 radical (unpaired) electrons. The van der Waals surface area contributed by atoms with Crippen molar-refractivity contribution in [3.8, 4) is 0 Å². The summed E-state index contributed by atoms with van der Waals surface area (Å²) in [5, 5.41) is 11.9. The summed E-state index contributed by atoms with van der Waals surface area (Å²) in [6.45, 7) is 0. The second-order valence-corrected chi connectivity index (χ2v) is 14.0. The average molecular weight is 714 g/mol. The molecule has 0 N–H and O–H groups in total. The minimum Gasteiger partial charge on any atom is -0.442 e. The maximum absolute atomic E-state index is 4.65. The van der Waals surface area contributed by atoms with Crippen LogP contribution in [0.4, 0.5) is 0 Å². The standard InChI is InChI=1S/2C20H10N3S.Zn/c2*1-2-5-13-11(4-1)12-7-8-14-17(16(12)20-18(13)22-10-23-20)19-15(24-14)6-3-9-21-19;/h2*1-10H;/q2*-1;+2. The van der Waals surface area contributed by atoms with Crippen LogP contribution in [-0.2, 0) is 19.5 Å². The van der Waals surface area contributed by atoms with Crippen LogP contribution >= 0.6 is 22.7 Å². The molecule has 0 bridgehead atoms. The molecular weight excluding hydrogens is 694 g/mol. The molecule has 49 heavy (non-hydrogen) atoms. The molecule has 0 saturated carbocycles. The van der Waals surface area contributed by atoms with Crippen molar-refractivity contribution in [3.63, 3.8) is 0 Å². The van der Waals surface area contributed by atoms with Crippen molar-refractivity contribution >= 4 is 128 Å². The van der Waals surface area contributed by atoms with Gasteiger partial charge in [0.15, 0.2) is 0 Å². The zero-order valence-electron chi connectivity index (χ0n) is 25.8. The van der Waals surface area contributed by atoms with Gasteiger partial charge in [-0.05, 0) is 102 Å². The molecule has 12 rings (SSSR count). The molecule has 9 heteroatoms. The third-order valence-corrected chi connectivity index (χ3v) is 11.6. The molecule has 0 aliphatic carbocycles. The van der Waals surface area contributed by atoms with Gasteiger partial charge in [0.25, 0.3) is 0 Å². The molecule has 0 unspecified atom stereocenters. The predicted octanol–water partition coefficient (Wildman–Crippen LogP) is 10.5. The van der Waals surface area contributed by atoms with Crippen molar-refractivity contribution in [2.45, 2.75) is 0 Å². The quantitative estimate of drug-likeness (QED) is 0.115. The molecular formula is C40H20N6S2Zn. The first kappa shape index (κ1) is 28.7. The van der Waals surface area contributed by atoms with E-state index in [1.807, 2.05) is 24.5 Å². The molecule has 224 valence electrons. The zero-order valence-corrected chi connectivity index (χ0v) is 30.4. The molecule has 6 nitrogen and oxygen atoms in total. The van der Waals surface area contributed by atoms with E-state index in [9.17, 15) is 0 Å². The molecule has 0 aliphatic heterocycles. The average Bonchev–Trinajstić information content (AvgIpc) is 3.96. The number of nitrogens with zero attached hydrogens (tertiary/aromatic N) is 6. The van der Waals surface area contributed by atoms with Crippen LogP contribution < -0.4 is 9.97 Å². The molecule has 12 aromatic rings. The molecule has 0 aliphatic rings. The second-order valence-electron chi connectivity index (χ2n) is 11.9. The van der Waals surface area contributed by atoms with Gasteiger partial charge in [-0.2, -0.15) is 0 Å². The summed E-state index contributed by atoms with van der Waals surface area (Å²) in [5.74, 6) is 0. The van der Waals surface area contributed by atoms with E-state index < -0.39 is 0 Å². The molecule has 0 atom stereocenters. The second kappa shape index (κ2) is 10.8. The van der Waals surface area contributed by atoms with Crippen molar-refractivity contribution in [1.29, 1.82) is 0 Å². The van der Waals surface area contributed by atoms with Gasteiger partial charge >= 0.3 is 19.5 Å². The number of thiophene rings is 2. The first-order valence-electron chi connectivity index (χ1n) is 15.6. The molecule has 0 fully saturated rings. The number of imidazole rings is 2. The van der Waals surface area contributed by atoms with Gasteiger partial charge in [0.1, 0.15) is 0 Å². The van der Waals surface area contributed by atoms with Gasteiger partial charge in [0.05, 0.1) is 20.4 Å². The van der Waals surface area contributed by atoms with Crippen LogP contribution in [0.2, 0.25) is 0 Å². The first-order valence-corrected chi connectivity index (χ1v) is 17.2. The fourth-order valence-electron chi connectivity index (χ4n) is 7.45. The number of rotatable bonds is 0. The van der Waals surface area contributed by atoms with Crippen LogP contribution in [0, 0.1) is 0 Å². The van der Waals surface area contributed by atoms with Crippen LogP contribution in [0.15, 0.2) is 122 Å². The molecule has 0 spiro atoms. The Bertz CT molecular complexity index is 3040. The van der Waals surface area contributed by atoms with Gasteiger partial charge in [-0.3, -0.25) is 9.97 Å². The number of aromatic nitrogens is 6. The van der Waals surface area contributed by atoms with E-state index in [4.69, 9.17) is 0 Å². The van der Waals surface area contributed by atoms with Gasteiger partial charge in [0.2, 0.25) is 0 Å². The molecule has 0 saturated heterocycles. The van der Waals surface area contributed by atoms with Crippen LogP contribution in [0.3, 0.4) is 0 Å². The topological polar surface area (TPSA) is 79.8 Å². The van der Waals surface area contributed by atoms with Crippen LogP contribution in [-0.4, -0.2) is 19.9 Å². The van der Waals surface area contributed by atoms with Crippen molar-refractivity contribution in [3.05, 3.63) is 122 Å². The Morgan fingerprint density at radius 1 is 0.367 bits per heavy atom. The van der Waals surface area contributed by atoms with Crippen LogP contribution in [0.5, 0.6) is 0 Å². The van der Waals surface area contributed by atoms with Crippen molar-refractivity contribution in [2.75, 3.05) is 0 Å². The molecule has 6 aromatic heterocycles. The summed E-state index contributed by atoms with van der Waals surface area (Å²) in [4.78, 5) is 27.6. The van der Waals surface area contributed by atoms with Gasteiger partial charge in [-0.25, -0.2) is 0 Å². The third-order valence-electron chi connectivity index (χ3n) is 9.40. The number of pyridine rings is 2. The van der Waals surface area contributed by atoms with Gasteiger partial charge in [-0.1, -0.05) is 73.3 Å². The Balaban J connectivity index is 0.000000122. The van der Waals surface area contributed by atoms with E-state index >= 15 is 0 Å². The Kier molecular flexibility index (Phi) is 6.34. The summed E-state index contributed by atoms with van der Waals surface area (Å²) in [7, 11) is 0. The van der Waals surface area contributed by atoms with E-state index in [-0.39, 0.29) is 19.5 Å². The Hall–Kier alpha value is -5.34. The van der Waals surface area contributed by atoms with Crippen molar-refractivity contribution in [1.82, 2.24) is 29.9 Å². The smallest absolute Gasteiger partial charge is 0.442 e. The normalized spacial score (nSPS) is 11.9. The number of hydrogen-bond donors (Lipinski definition) is 0. The van der Waals surface area contributed by atoms with E-state index in [1.54, 1.807) is 35.3 Å². The number of hydrogen-bond acceptors (Lipinski definition) is 6. The minimum absolute atomic E-state index is 0. The summed E-state index contributed by atoms with van der Waals surface area (Å²) in [6, 6.07) is 34.0. The minimum atomic E-state index is 0. The maximum atomic E-state index is 4.65. The van der Waals surface area contributed by atoms with E-state index in [0.29, 0.717) is 0 Å². The Morgan fingerprint density at radius 3 is 1.29 bits per heavy atom. The third kappa shape index (κ3) is 4.01. The van der Waals surface area contributed by atoms with Crippen molar-refractivity contribution < 1.29 is 19.5 Å². The van der Waals surface area contributed by atoms with Crippen LogP contribution in [0.1, 0.15) is 0 Å². The van der Waals surface area contributed by atoms with E-state index in [2.05, 4.69) is 115 Å². The SMILES string of the molecule is [Zn+2].c1cnc2c(c1)sc1ccc3c4ccccc4c4nc[n-]c4c3c12.c1cnc2c(c1)sc1ccc3c4ccccc4c4nc[n-]c4c3c12. The fraction of sp³-hybridized carbons (Fsp3) is 0. The summed E-state index contributed by atoms with van der Waals surface area (Å²) in [6.07, 6.45) is 7.05. The Labute approximate surface area is 298 Å². The fourth-order valence-corrected chi connectivity index (χ4v) is 9.59. The van der Waals surface area contributed by atoms with Gasteiger partial charge < -0.3 is 19.9 Å². The molecule has 0 amide bonds. The number of benzene rings is 6. The Morgan fingerprint density at radius 2 is 0.816 bits per heavy atom. The summed E-state index contributed by atoms with van der Waals surface area (Å²) >= 11 is 3.56. The van der Waals surface area contributed by atoms with E-state index in [1.165, 1.54) is 61.9 Å². The zero-order chi connectivity index (χ0) is 31.3. The van der Waals surface area contributed by atoms with E-state index in [0.717, 1.165) is 43.9 Å². The summed E-state index contributed by atoms with van der Waals surface area (Å²) < 4.78 is 4.91. The van der Waals surface area contributed by atoms with Crippen LogP contribution in [0.25, 0.3) is 106 Å². The largest absolute Gasteiger partial charge is 2.00 e.